The molecule has 0 atom stereocenters. The maximum absolute atomic E-state index is 13.7. The molecule has 3 aromatic heterocycles. The van der Waals surface area contributed by atoms with E-state index in [1.54, 1.807) is 33.8 Å². The Balaban J connectivity index is 1.37. The van der Waals surface area contributed by atoms with E-state index in [0.717, 1.165) is 12.8 Å². The van der Waals surface area contributed by atoms with Crippen LogP contribution in [0.5, 0.6) is 0 Å². The third kappa shape index (κ3) is 4.99. The average Bonchev–Trinajstić information content (AvgIpc) is 3.40. The Labute approximate surface area is 212 Å². The van der Waals surface area contributed by atoms with Gasteiger partial charge in [0.2, 0.25) is 5.95 Å². The van der Waals surface area contributed by atoms with Crippen molar-refractivity contribution in [2.45, 2.75) is 45.3 Å². The van der Waals surface area contributed by atoms with Crippen LogP contribution in [0.1, 0.15) is 33.6 Å². The Morgan fingerprint density at radius 2 is 2.00 bits per heavy atom. The van der Waals surface area contributed by atoms with Crippen LogP contribution in [0.3, 0.4) is 0 Å². The number of piperidine rings is 1. The van der Waals surface area contributed by atoms with Gasteiger partial charge in [-0.2, -0.15) is 4.98 Å². The summed E-state index contributed by atoms with van der Waals surface area (Å²) in [6.45, 7) is 6.74. The molecule has 36 heavy (non-hydrogen) atoms. The van der Waals surface area contributed by atoms with E-state index in [9.17, 15) is 9.18 Å². The van der Waals surface area contributed by atoms with Crippen molar-refractivity contribution in [3.8, 4) is 22.6 Å². The number of nitrogens with one attached hydrogen (secondary N) is 1. The number of imidazole rings is 1. The minimum absolute atomic E-state index is 0.101. The largest absolute Gasteiger partial charge is 0.444 e. The summed E-state index contributed by atoms with van der Waals surface area (Å²) in [6.07, 6.45) is 6.11. The van der Waals surface area contributed by atoms with Gasteiger partial charge in [0.15, 0.2) is 0 Å². The van der Waals surface area contributed by atoms with Crippen LogP contribution in [0.4, 0.5) is 15.1 Å². The third-order valence-corrected chi connectivity index (χ3v) is 6.14. The van der Waals surface area contributed by atoms with Crippen LogP contribution in [-0.4, -0.2) is 55.1 Å². The van der Waals surface area contributed by atoms with Crippen molar-refractivity contribution in [3.63, 3.8) is 0 Å². The number of halogens is 2. The van der Waals surface area contributed by atoms with Crippen molar-refractivity contribution in [3.05, 3.63) is 53.8 Å². The number of hydrogen-bond acceptors (Lipinski definition) is 7. The van der Waals surface area contributed by atoms with Crippen molar-refractivity contribution in [2.24, 2.45) is 0 Å². The Hall–Kier alpha value is -3.66. The molecule has 1 aliphatic heterocycles. The topological polar surface area (TPSA) is 97.8 Å². The third-order valence-electron chi connectivity index (χ3n) is 5.83. The van der Waals surface area contributed by atoms with Gasteiger partial charge in [-0.15, -0.1) is 0 Å². The molecule has 0 unspecified atom stereocenters. The Morgan fingerprint density at radius 1 is 1.22 bits per heavy atom. The van der Waals surface area contributed by atoms with E-state index in [0.29, 0.717) is 47.5 Å². The summed E-state index contributed by atoms with van der Waals surface area (Å²) in [5.74, 6) is 0.389. The van der Waals surface area contributed by atoms with Crippen molar-refractivity contribution >= 4 is 29.5 Å². The summed E-state index contributed by atoms with van der Waals surface area (Å²) in [7, 11) is 0. The molecule has 0 spiro atoms. The first-order valence-corrected chi connectivity index (χ1v) is 12.0. The zero-order chi connectivity index (χ0) is 25.4. The number of aromatic nitrogens is 4. The lowest BCUT2D eigenvalue weighted by Gasteiger charge is -2.33. The maximum atomic E-state index is 13.7. The number of oxazole rings is 1. The van der Waals surface area contributed by atoms with Gasteiger partial charge in [-0.25, -0.2) is 19.2 Å². The second-order valence-electron chi connectivity index (χ2n) is 9.64. The van der Waals surface area contributed by atoms with Gasteiger partial charge in [0.25, 0.3) is 0 Å². The number of amides is 1. The van der Waals surface area contributed by atoms with Crippen LogP contribution in [-0.2, 0) is 4.74 Å². The second kappa shape index (κ2) is 9.42. The van der Waals surface area contributed by atoms with Crippen molar-refractivity contribution < 1.29 is 18.3 Å². The molecule has 1 N–H and O–H groups in total. The zero-order valence-corrected chi connectivity index (χ0v) is 20.9. The van der Waals surface area contributed by atoms with E-state index in [1.807, 2.05) is 20.8 Å². The summed E-state index contributed by atoms with van der Waals surface area (Å²) in [5, 5.41) is 3.62. The highest BCUT2D eigenvalue weighted by Crippen LogP contribution is 2.36. The quantitative estimate of drug-likeness (QED) is 0.377. The number of anilines is 1. The summed E-state index contributed by atoms with van der Waals surface area (Å²) >= 11 is 6.35. The predicted molar refractivity (Wildman–Crippen MR) is 133 cm³/mol. The monoisotopic (exact) mass is 512 g/mol. The molecular formula is C25H26ClFN6O3. The zero-order valence-electron chi connectivity index (χ0n) is 20.2. The molecule has 4 heterocycles. The molecule has 188 valence electrons. The van der Waals surface area contributed by atoms with Crippen LogP contribution in [0.2, 0.25) is 5.02 Å². The molecule has 1 amide bonds. The number of rotatable bonds is 4. The molecule has 0 bridgehead atoms. The number of hydrogen-bond donors (Lipinski definition) is 1. The number of likely N-dealkylation sites (tertiary alicyclic amines) is 1. The molecule has 1 aromatic carbocycles. The second-order valence-corrected chi connectivity index (χ2v) is 10.0. The Kier molecular flexibility index (Phi) is 6.29. The molecule has 4 aromatic rings. The normalized spacial score (nSPS) is 14.9. The van der Waals surface area contributed by atoms with E-state index in [-0.39, 0.29) is 17.2 Å². The van der Waals surface area contributed by atoms with Crippen LogP contribution in [0.15, 0.2) is 47.3 Å². The van der Waals surface area contributed by atoms with Crippen LogP contribution in [0, 0.1) is 5.82 Å². The fourth-order valence-electron chi connectivity index (χ4n) is 4.18. The van der Waals surface area contributed by atoms with Crippen molar-refractivity contribution in [1.29, 1.82) is 0 Å². The molecule has 1 aliphatic rings. The first-order valence-electron chi connectivity index (χ1n) is 11.7. The fraction of sp³-hybridized carbons (Fsp3) is 0.360. The molecule has 1 fully saturated rings. The maximum Gasteiger partial charge on any atom is 0.410 e. The Morgan fingerprint density at radius 3 is 2.72 bits per heavy atom. The highest BCUT2D eigenvalue weighted by atomic mass is 35.5. The van der Waals surface area contributed by atoms with Gasteiger partial charge in [0, 0.05) is 37.1 Å². The minimum atomic E-state index is -0.522. The number of fused-ring (bicyclic) bond motifs is 1. The summed E-state index contributed by atoms with van der Waals surface area (Å²) < 4.78 is 26.4. The van der Waals surface area contributed by atoms with E-state index in [2.05, 4.69) is 15.3 Å². The lowest BCUT2D eigenvalue weighted by Crippen LogP contribution is -2.44. The molecule has 1 saturated heterocycles. The van der Waals surface area contributed by atoms with Gasteiger partial charge in [-0.3, -0.25) is 4.40 Å². The van der Waals surface area contributed by atoms with Gasteiger partial charge in [0.05, 0.1) is 10.7 Å². The molecule has 5 rings (SSSR count). The van der Waals surface area contributed by atoms with Gasteiger partial charge in [0.1, 0.15) is 29.1 Å². The molecular weight excluding hydrogens is 487 g/mol. The first-order chi connectivity index (χ1) is 17.2. The SMILES string of the molecule is CC(C)(C)OC(=O)N1CCC(Nc2nccc(-c3c(-c4ccc(F)cc4Cl)nc4occn34)n2)CC1. The number of carbonyl (C=O) groups is 1. The highest BCUT2D eigenvalue weighted by molar-refractivity contribution is 6.33. The van der Waals surface area contributed by atoms with E-state index in [4.69, 9.17) is 25.7 Å². The molecule has 9 nitrogen and oxygen atoms in total. The Bertz CT molecular complexity index is 1400. The number of carbonyl (C=O) groups excluding carboxylic acids is 1. The minimum Gasteiger partial charge on any atom is -0.444 e. The smallest absolute Gasteiger partial charge is 0.410 e. The average molecular weight is 513 g/mol. The summed E-state index contributed by atoms with van der Waals surface area (Å²) in [6, 6.07) is 6.04. The molecule has 0 aliphatic carbocycles. The first kappa shape index (κ1) is 24.1. The van der Waals surface area contributed by atoms with Crippen LogP contribution < -0.4 is 5.32 Å². The highest BCUT2D eigenvalue weighted by Gasteiger charge is 2.27. The lowest BCUT2D eigenvalue weighted by molar-refractivity contribution is 0.0210. The predicted octanol–water partition coefficient (Wildman–Crippen LogP) is 5.66. The summed E-state index contributed by atoms with van der Waals surface area (Å²) in [5.41, 5.74) is 1.82. The van der Waals surface area contributed by atoms with Gasteiger partial charge in [-0.05, 0) is 57.9 Å². The molecule has 0 radical (unpaired) electrons. The van der Waals surface area contributed by atoms with Crippen LogP contribution >= 0.6 is 11.6 Å². The van der Waals surface area contributed by atoms with Crippen molar-refractivity contribution in [1.82, 2.24) is 24.3 Å². The number of benzene rings is 1. The fourth-order valence-corrected chi connectivity index (χ4v) is 4.43. The summed E-state index contributed by atoms with van der Waals surface area (Å²) in [4.78, 5) is 27.7. The number of nitrogens with zero attached hydrogens (tertiary/aromatic N) is 5. The van der Waals surface area contributed by atoms with E-state index in [1.165, 1.54) is 18.4 Å². The van der Waals surface area contributed by atoms with Gasteiger partial charge in [-0.1, -0.05) is 11.6 Å². The van der Waals surface area contributed by atoms with E-state index >= 15 is 0 Å². The van der Waals surface area contributed by atoms with Crippen molar-refractivity contribution in [2.75, 3.05) is 18.4 Å². The molecule has 0 saturated carbocycles. The number of ether oxygens (including phenoxy) is 1. The standard InChI is InChI=1S/C25H26ClFN6O3/c1-25(2,3)36-24(34)32-10-7-16(8-11-32)29-22-28-9-6-19(30-22)21-20(31-23-33(21)12-13-35-23)17-5-4-15(27)14-18(17)26/h4-6,9,12-14,16H,7-8,10-11H2,1-3H3,(H,28,29,30). The van der Waals surface area contributed by atoms with Gasteiger partial charge >= 0.3 is 11.9 Å². The lowest BCUT2D eigenvalue weighted by atomic mass is 10.1. The van der Waals surface area contributed by atoms with Crippen LogP contribution in [0.25, 0.3) is 28.5 Å². The van der Waals surface area contributed by atoms with Gasteiger partial charge < -0.3 is 19.4 Å². The molecule has 11 heteroatoms. The van der Waals surface area contributed by atoms with E-state index < -0.39 is 11.4 Å².